The molecule has 1 aliphatic heterocycles. The number of hydrogen-bond donors (Lipinski definition) is 3. The molecule has 0 spiro atoms. The van der Waals surface area contributed by atoms with Crippen molar-refractivity contribution in [2.24, 2.45) is 0 Å². The molecule has 5 heteroatoms. The maximum Gasteiger partial charge on any atom is 0.246 e. The molecule has 0 aliphatic carbocycles. The molecule has 0 radical (unpaired) electrons. The lowest BCUT2D eigenvalue weighted by Gasteiger charge is -2.11. The lowest BCUT2D eigenvalue weighted by molar-refractivity contribution is -0.122. The molecule has 1 atom stereocenters. The van der Waals surface area contributed by atoms with E-state index in [1.807, 2.05) is 30.5 Å². The van der Waals surface area contributed by atoms with E-state index in [9.17, 15) is 9.59 Å². The van der Waals surface area contributed by atoms with Gasteiger partial charge in [0.1, 0.15) is 6.04 Å². The summed E-state index contributed by atoms with van der Waals surface area (Å²) in [5.74, 6) is -0.218. The molecule has 0 saturated carbocycles. The van der Waals surface area contributed by atoms with E-state index < -0.39 is 6.04 Å². The van der Waals surface area contributed by atoms with Crippen molar-refractivity contribution < 1.29 is 9.59 Å². The van der Waals surface area contributed by atoms with Gasteiger partial charge in [0.2, 0.25) is 11.8 Å². The van der Waals surface area contributed by atoms with E-state index in [0.717, 1.165) is 16.6 Å². The number of H-pyrrole nitrogens is 1. The van der Waals surface area contributed by atoms with Crippen molar-refractivity contribution in [1.29, 1.82) is 0 Å². The van der Waals surface area contributed by atoms with Crippen molar-refractivity contribution in [2.75, 3.05) is 5.32 Å². The number of benzene rings is 1. The zero-order valence-electron chi connectivity index (χ0n) is 9.69. The van der Waals surface area contributed by atoms with Crippen LogP contribution in [0.5, 0.6) is 0 Å². The van der Waals surface area contributed by atoms with Crippen LogP contribution in [0, 0.1) is 0 Å². The van der Waals surface area contributed by atoms with E-state index in [1.54, 1.807) is 0 Å². The molecule has 3 rings (SSSR count). The van der Waals surface area contributed by atoms with Gasteiger partial charge < -0.3 is 15.6 Å². The quantitative estimate of drug-likeness (QED) is 0.745. The number of aromatic amines is 1. The number of amides is 2. The average molecular weight is 243 g/mol. The third-order valence-electron chi connectivity index (χ3n) is 3.16. The van der Waals surface area contributed by atoms with Gasteiger partial charge in [0.05, 0.1) is 5.69 Å². The molecule has 0 bridgehead atoms. The summed E-state index contributed by atoms with van der Waals surface area (Å²) in [5.41, 5.74) is 1.74. The molecule has 1 unspecified atom stereocenters. The fourth-order valence-corrected chi connectivity index (χ4v) is 2.22. The highest BCUT2D eigenvalue weighted by atomic mass is 16.2. The molecule has 2 heterocycles. The Labute approximate surface area is 104 Å². The van der Waals surface area contributed by atoms with Crippen LogP contribution in [-0.2, 0) is 9.59 Å². The Kier molecular flexibility index (Phi) is 2.51. The summed E-state index contributed by atoms with van der Waals surface area (Å²) in [7, 11) is 0. The SMILES string of the molecule is O=C1CCC(C(=O)Nc2cccc3[nH]ccc23)N1. The molecule has 18 heavy (non-hydrogen) atoms. The first kappa shape index (κ1) is 10.8. The van der Waals surface area contributed by atoms with E-state index in [4.69, 9.17) is 0 Å². The van der Waals surface area contributed by atoms with Crippen molar-refractivity contribution in [3.8, 4) is 0 Å². The molecular formula is C13H13N3O2. The molecule has 1 saturated heterocycles. The maximum absolute atomic E-state index is 12.0. The van der Waals surface area contributed by atoms with Gasteiger partial charge in [0, 0.05) is 23.5 Å². The number of aromatic nitrogens is 1. The highest BCUT2D eigenvalue weighted by Gasteiger charge is 2.27. The third-order valence-corrected chi connectivity index (χ3v) is 3.16. The zero-order chi connectivity index (χ0) is 12.5. The first-order chi connectivity index (χ1) is 8.74. The van der Waals surface area contributed by atoms with Crippen molar-refractivity contribution in [1.82, 2.24) is 10.3 Å². The van der Waals surface area contributed by atoms with Crippen LogP contribution in [0.1, 0.15) is 12.8 Å². The van der Waals surface area contributed by atoms with Gasteiger partial charge in [-0.25, -0.2) is 0 Å². The van der Waals surface area contributed by atoms with Gasteiger partial charge >= 0.3 is 0 Å². The molecular weight excluding hydrogens is 230 g/mol. The summed E-state index contributed by atoms with van der Waals surface area (Å²) in [5, 5.41) is 6.48. The van der Waals surface area contributed by atoms with E-state index in [2.05, 4.69) is 15.6 Å². The molecule has 1 aromatic heterocycles. The minimum Gasteiger partial charge on any atom is -0.361 e. The minimum absolute atomic E-state index is 0.0602. The summed E-state index contributed by atoms with van der Waals surface area (Å²) in [4.78, 5) is 26.2. The predicted molar refractivity (Wildman–Crippen MR) is 68.1 cm³/mol. The van der Waals surface area contributed by atoms with Gasteiger partial charge in [-0.15, -0.1) is 0 Å². The molecule has 2 amide bonds. The van der Waals surface area contributed by atoms with Gasteiger partial charge in [-0.1, -0.05) is 6.07 Å². The topological polar surface area (TPSA) is 74.0 Å². The van der Waals surface area contributed by atoms with Crippen LogP contribution in [0.2, 0.25) is 0 Å². The van der Waals surface area contributed by atoms with Crippen LogP contribution in [-0.4, -0.2) is 22.8 Å². The first-order valence-corrected chi connectivity index (χ1v) is 5.90. The van der Waals surface area contributed by atoms with E-state index in [0.29, 0.717) is 12.8 Å². The number of carbonyl (C=O) groups is 2. The Balaban J connectivity index is 1.82. The van der Waals surface area contributed by atoms with Crippen molar-refractivity contribution in [3.63, 3.8) is 0 Å². The van der Waals surface area contributed by atoms with Gasteiger partial charge in [0.25, 0.3) is 0 Å². The van der Waals surface area contributed by atoms with Crippen LogP contribution >= 0.6 is 0 Å². The van der Waals surface area contributed by atoms with E-state index in [-0.39, 0.29) is 11.8 Å². The Morgan fingerprint density at radius 2 is 2.22 bits per heavy atom. The largest absolute Gasteiger partial charge is 0.361 e. The highest BCUT2D eigenvalue weighted by Crippen LogP contribution is 2.22. The summed E-state index contributed by atoms with van der Waals surface area (Å²) >= 11 is 0. The molecule has 2 aromatic rings. The van der Waals surface area contributed by atoms with E-state index in [1.165, 1.54) is 0 Å². The van der Waals surface area contributed by atoms with Gasteiger partial charge in [-0.3, -0.25) is 9.59 Å². The Bertz CT molecular complexity index is 617. The van der Waals surface area contributed by atoms with Gasteiger partial charge in [-0.2, -0.15) is 0 Å². The third kappa shape index (κ3) is 1.84. The van der Waals surface area contributed by atoms with Crippen LogP contribution in [0.15, 0.2) is 30.5 Å². The number of anilines is 1. The van der Waals surface area contributed by atoms with Crippen molar-refractivity contribution in [2.45, 2.75) is 18.9 Å². The molecule has 1 aliphatic rings. The summed E-state index contributed by atoms with van der Waals surface area (Å²) in [6.07, 6.45) is 2.82. The Morgan fingerprint density at radius 1 is 1.33 bits per heavy atom. The monoisotopic (exact) mass is 243 g/mol. The van der Waals surface area contributed by atoms with Crippen LogP contribution in [0.25, 0.3) is 10.9 Å². The first-order valence-electron chi connectivity index (χ1n) is 5.90. The van der Waals surface area contributed by atoms with Gasteiger partial charge in [-0.05, 0) is 24.6 Å². The lowest BCUT2D eigenvalue weighted by Crippen LogP contribution is -2.37. The number of nitrogens with one attached hydrogen (secondary N) is 3. The minimum atomic E-state index is -0.410. The average Bonchev–Trinajstić information content (AvgIpc) is 2.97. The standard InChI is InChI=1S/C13H13N3O2/c17-12-5-4-11(15-12)13(18)16-10-3-1-2-9-8(10)6-7-14-9/h1-3,6-7,11,14H,4-5H2,(H,15,17)(H,16,18). The van der Waals surface area contributed by atoms with Crippen LogP contribution < -0.4 is 10.6 Å². The molecule has 5 nitrogen and oxygen atoms in total. The number of carbonyl (C=O) groups excluding carboxylic acids is 2. The normalized spacial score (nSPS) is 18.9. The Hall–Kier alpha value is -2.30. The van der Waals surface area contributed by atoms with Crippen LogP contribution in [0.4, 0.5) is 5.69 Å². The van der Waals surface area contributed by atoms with Gasteiger partial charge in [0.15, 0.2) is 0 Å². The maximum atomic E-state index is 12.0. The molecule has 1 aromatic carbocycles. The number of hydrogen-bond acceptors (Lipinski definition) is 2. The fourth-order valence-electron chi connectivity index (χ4n) is 2.22. The second-order valence-electron chi connectivity index (χ2n) is 4.39. The molecule has 3 N–H and O–H groups in total. The Morgan fingerprint density at radius 3 is 3.00 bits per heavy atom. The lowest BCUT2D eigenvalue weighted by atomic mass is 10.2. The van der Waals surface area contributed by atoms with Crippen molar-refractivity contribution in [3.05, 3.63) is 30.5 Å². The zero-order valence-corrected chi connectivity index (χ0v) is 9.69. The number of fused-ring (bicyclic) bond motifs is 1. The summed E-state index contributed by atoms with van der Waals surface area (Å²) in [6.45, 7) is 0. The predicted octanol–water partition coefficient (Wildman–Crippen LogP) is 1.39. The smallest absolute Gasteiger partial charge is 0.246 e. The molecule has 92 valence electrons. The summed E-state index contributed by atoms with van der Waals surface area (Å²) < 4.78 is 0. The van der Waals surface area contributed by atoms with Crippen molar-refractivity contribution >= 4 is 28.4 Å². The second-order valence-corrected chi connectivity index (χ2v) is 4.39. The van der Waals surface area contributed by atoms with Crippen LogP contribution in [0.3, 0.4) is 0 Å². The van der Waals surface area contributed by atoms with E-state index >= 15 is 0 Å². The highest BCUT2D eigenvalue weighted by molar-refractivity contribution is 6.04. The number of rotatable bonds is 2. The fraction of sp³-hybridized carbons (Fsp3) is 0.231. The summed E-state index contributed by atoms with van der Waals surface area (Å²) in [6, 6.07) is 7.18. The second kappa shape index (κ2) is 4.18. The molecule has 1 fully saturated rings.